The first kappa shape index (κ1) is 15.3. The van der Waals surface area contributed by atoms with E-state index in [1.54, 1.807) is 11.3 Å². The number of amides is 1. The Morgan fingerprint density at radius 2 is 2.04 bits per heavy atom. The maximum absolute atomic E-state index is 13.1. The third-order valence-electron chi connectivity index (χ3n) is 4.62. The molecule has 0 spiro atoms. The Balaban J connectivity index is 1.69. The van der Waals surface area contributed by atoms with Crippen molar-refractivity contribution in [1.82, 2.24) is 9.88 Å². The van der Waals surface area contributed by atoms with Crippen LogP contribution in [0.4, 0.5) is 0 Å². The van der Waals surface area contributed by atoms with Crippen molar-refractivity contribution in [3.05, 3.63) is 64.7 Å². The second-order valence-electron chi connectivity index (χ2n) is 6.40. The molecule has 4 rings (SSSR count). The second kappa shape index (κ2) is 6.36. The average Bonchev–Trinajstić information content (AvgIpc) is 3.05. The number of benzene rings is 2. The van der Waals surface area contributed by atoms with Gasteiger partial charge in [0.2, 0.25) is 0 Å². The Morgan fingerprint density at radius 1 is 1.17 bits per heavy atom. The van der Waals surface area contributed by atoms with Crippen molar-refractivity contribution in [2.75, 3.05) is 6.54 Å². The number of thiazole rings is 1. The van der Waals surface area contributed by atoms with Gasteiger partial charge in [-0.3, -0.25) is 4.79 Å². The molecule has 1 saturated heterocycles. The van der Waals surface area contributed by atoms with Crippen LogP contribution < -0.4 is 0 Å². The molecule has 3 nitrogen and oxygen atoms in total. The number of rotatable bonds is 2. The van der Waals surface area contributed by atoms with Crippen LogP contribution in [0.15, 0.2) is 48.5 Å². The molecule has 0 radical (unpaired) electrons. The summed E-state index contributed by atoms with van der Waals surface area (Å²) in [6.07, 6.45) is 3.22. The molecule has 1 amide bonds. The van der Waals surface area contributed by atoms with E-state index in [4.69, 9.17) is 4.98 Å². The van der Waals surface area contributed by atoms with Crippen LogP contribution in [0.25, 0.3) is 10.2 Å². The van der Waals surface area contributed by atoms with Gasteiger partial charge in [0.05, 0.1) is 16.3 Å². The summed E-state index contributed by atoms with van der Waals surface area (Å²) in [5.74, 6) is 0.127. The number of aromatic nitrogens is 1. The lowest BCUT2D eigenvalue weighted by Gasteiger charge is -2.34. The van der Waals surface area contributed by atoms with E-state index in [2.05, 4.69) is 6.07 Å². The number of piperidine rings is 1. The predicted molar refractivity (Wildman–Crippen MR) is 98.4 cm³/mol. The molecule has 24 heavy (non-hydrogen) atoms. The minimum Gasteiger partial charge on any atom is -0.329 e. The SMILES string of the molecule is Cc1cccc(C(=O)N2CCCC[C@H]2c2nc3ccccc3s2)c1. The number of carbonyl (C=O) groups excluding carboxylic acids is 1. The van der Waals surface area contributed by atoms with Crippen molar-refractivity contribution in [2.24, 2.45) is 0 Å². The highest BCUT2D eigenvalue weighted by Crippen LogP contribution is 2.36. The number of hydrogen-bond acceptors (Lipinski definition) is 3. The van der Waals surface area contributed by atoms with Gasteiger partial charge in [0.15, 0.2) is 0 Å². The topological polar surface area (TPSA) is 33.2 Å². The summed E-state index contributed by atoms with van der Waals surface area (Å²) >= 11 is 1.72. The molecule has 0 bridgehead atoms. The lowest BCUT2D eigenvalue weighted by Crippen LogP contribution is -2.38. The van der Waals surface area contributed by atoms with Crippen LogP contribution in [0.3, 0.4) is 0 Å². The van der Waals surface area contributed by atoms with Crippen molar-refractivity contribution in [3.8, 4) is 0 Å². The van der Waals surface area contributed by atoms with Gasteiger partial charge in [-0.05, 0) is 50.5 Å². The van der Waals surface area contributed by atoms with Crippen LogP contribution in [-0.2, 0) is 0 Å². The number of likely N-dealkylation sites (tertiary alicyclic amines) is 1. The van der Waals surface area contributed by atoms with Crippen molar-refractivity contribution >= 4 is 27.5 Å². The summed E-state index contributed by atoms with van der Waals surface area (Å²) in [5, 5.41) is 1.07. The van der Waals surface area contributed by atoms with Gasteiger partial charge in [-0.25, -0.2) is 4.98 Å². The molecule has 4 heteroatoms. The van der Waals surface area contributed by atoms with Crippen LogP contribution in [0.1, 0.15) is 46.2 Å². The molecule has 3 aromatic rings. The van der Waals surface area contributed by atoms with Crippen LogP contribution >= 0.6 is 11.3 Å². The van der Waals surface area contributed by atoms with E-state index >= 15 is 0 Å². The second-order valence-corrected chi connectivity index (χ2v) is 7.46. The molecule has 0 N–H and O–H groups in total. The maximum Gasteiger partial charge on any atom is 0.254 e. The van der Waals surface area contributed by atoms with Gasteiger partial charge >= 0.3 is 0 Å². The quantitative estimate of drug-likeness (QED) is 0.662. The molecular formula is C20H20N2OS. The molecule has 0 aliphatic carbocycles. The molecule has 0 saturated carbocycles. The van der Waals surface area contributed by atoms with Gasteiger partial charge in [0.25, 0.3) is 5.91 Å². The molecule has 1 fully saturated rings. The van der Waals surface area contributed by atoms with E-state index in [1.807, 2.05) is 54.3 Å². The highest BCUT2D eigenvalue weighted by Gasteiger charge is 2.30. The Bertz CT molecular complexity index is 853. The van der Waals surface area contributed by atoms with Gasteiger partial charge in [-0.15, -0.1) is 11.3 Å². The molecule has 122 valence electrons. The Hall–Kier alpha value is -2.20. The molecule has 2 aromatic carbocycles. The summed E-state index contributed by atoms with van der Waals surface area (Å²) < 4.78 is 1.20. The first-order valence-electron chi connectivity index (χ1n) is 8.45. The Morgan fingerprint density at radius 3 is 2.88 bits per heavy atom. The maximum atomic E-state index is 13.1. The minimum absolute atomic E-state index is 0.101. The number of para-hydroxylation sites is 1. The van der Waals surface area contributed by atoms with Crippen LogP contribution in [0.2, 0.25) is 0 Å². The number of carbonyl (C=O) groups is 1. The number of nitrogens with zero attached hydrogens (tertiary/aromatic N) is 2. The fourth-order valence-electron chi connectivity index (χ4n) is 3.41. The molecule has 1 aliphatic heterocycles. The van der Waals surface area contributed by atoms with E-state index in [9.17, 15) is 4.79 Å². The zero-order valence-electron chi connectivity index (χ0n) is 13.7. The molecule has 1 aliphatic rings. The molecule has 1 atom stereocenters. The number of hydrogen-bond donors (Lipinski definition) is 0. The van der Waals surface area contributed by atoms with E-state index in [0.717, 1.165) is 47.5 Å². The van der Waals surface area contributed by atoms with Gasteiger partial charge in [0, 0.05) is 12.1 Å². The third-order valence-corrected chi connectivity index (χ3v) is 5.76. The monoisotopic (exact) mass is 336 g/mol. The first-order valence-corrected chi connectivity index (χ1v) is 9.27. The standard InChI is InChI=1S/C20H20N2OS/c1-14-7-6-8-15(13-14)20(23)22-12-5-4-10-17(22)19-21-16-9-2-3-11-18(16)24-19/h2-3,6-9,11,13,17H,4-5,10,12H2,1H3/t17-/m0/s1. The summed E-state index contributed by atoms with van der Waals surface area (Å²) in [6.45, 7) is 2.84. The van der Waals surface area contributed by atoms with E-state index in [-0.39, 0.29) is 11.9 Å². The van der Waals surface area contributed by atoms with E-state index in [1.165, 1.54) is 4.70 Å². The van der Waals surface area contributed by atoms with Gasteiger partial charge in [-0.2, -0.15) is 0 Å². The summed E-state index contributed by atoms with van der Waals surface area (Å²) in [7, 11) is 0. The summed E-state index contributed by atoms with van der Waals surface area (Å²) in [4.78, 5) is 19.9. The van der Waals surface area contributed by atoms with Crippen molar-refractivity contribution in [2.45, 2.75) is 32.2 Å². The minimum atomic E-state index is 0.101. The smallest absolute Gasteiger partial charge is 0.254 e. The molecule has 1 aromatic heterocycles. The fourth-order valence-corrected chi connectivity index (χ4v) is 4.52. The Labute approximate surface area is 146 Å². The zero-order chi connectivity index (χ0) is 16.5. The number of aryl methyl sites for hydroxylation is 1. The lowest BCUT2D eigenvalue weighted by atomic mass is 10.0. The normalized spacial score (nSPS) is 18.0. The first-order chi connectivity index (χ1) is 11.7. The van der Waals surface area contributed by atoms with Gasteiger partial charge < -0.3 is 4.90 Å². The zero-order valence-corrected chi connectivity index (χ0v) is 14.6. The van der Waals surface area contributed by atoms with Crippen molar-refractivity contribution < 1.29 is 4.79 Å². The van der Waals surface area contributed by atoms with Crippen molar-refractivity contribution in [3.63, 3.8) is 0 Å². The fraction of sp³-hybridized carbons (Fsp3) is 0.300. The number of fused-ring (bicyclic) bond motifs is 1. The predicted octanol–water partition coefficient (Wildman–Crippen LogP) is 4.97. The summed E-state index contributed by atoms with van der Waals surface area (Å²) in [6, 6.07) is 16.2. The molecule has 0 unspecified atom stereocenters. The van der Waals surface area contributed by atoms with Gasteiger partial charge in [-0.1, -0.05) is 29.8 Å². The lowest BCUT2D eigenvalue weighted by molar-refractivity contribution is 0.0611. The molecule has 2 heterocycles. The van der Waals surface area contributed by atoms with Gasteiger partial charge in [0.1, 0.15) is 5.01 Å². The van der Waals surface area contributed by atoms with E-state index < -0.39 is 0 Å². The third kappa shape index (κ3) is 2.82. The highest BCUT2D eigenvalue weighted by atomic mass is 32.1. The largest absolute Gasteiger partial charge is 0.329 e. The van der Waals surface area contributed by atoms with E-state index in [0.29, 0.717) is 0 Å². The summed E-state index contributed by atoms with van der Waals surface area (Å²) in [5.41, 5.74) is 2.93. The highest BCUT2D eigenvalue weighted by molar-refractivity contribution is 7.18. The molecular weight excluding hydrogens is 316 g/mol. The van der Waals surface area contributed by atoms with Crippen LogP contribution in [0, 0.1) is 6.92 Å². The van der Waals surface area contributed by atoms with Crippen LogP contribution in [-0.4, -0.2) is 22.3 Å². The average molecular weight is 336 g/mol. The Kier molecular flexibility index (Phi) is 4.07. The van der Waals surface area contributed by atoms with Crippen molar-refractivity contribution in [1.29, 1.82) is 0 Å². The van der Waals surface area contributed by atoms with Crippen LogP contribution in [0.5, 0.6) is 0 Å².